The van der Waals surface area contributed by atoms with E-state index in [9.17, 15) is 4.79 Å². The van der Waals surface area contributed by atoms with E-state index < -0.39 is 10.8 Å². The molecule has 0 heterocycles. The van der Waals surface area contributed by atoms with Crippen molar-refractivity contribution < 1.29 is 14.6 Å². The number of carbonyl (C=O) groups is 1. The summed E-state index contributed by atoms with van der Waals surface area (Å²) < 4.78 is 5.24. The van der Waals surface area contributed by atoms with E-state index in [1.54, 1.807) is 24.3 Å². The molecule has 0 amide bonds. The minimum absolute atomic E-state index is 0.607. The Balaban J connectivity index is 2.77. The maximum atomic E-state index is 10.6. The van der Waals surface area contributed by atoms with Gasteiger partial charge in [-0.2, -0.15) is 0 Å². The third kappa shape index (κ3) is 2.73. The molecule has 14 heavy (non-hydrogen) atoms. The van der Waals surface area contributed by atoms with Gasteiger partial charge in [0.15, 0.2) is 0 Å². The lowest BCUT2D eigenvalue weighted by Gasteiger charge is -2.06. The van der Waals surface area contributed by atoms with Crippen LogP contribution in [-0.2, 0) is 4.79 Å². The van der Waals surface area contributed by atoms with Gasteiger partial charge in [0.2, 0.25) is 0 Å². The lowest BCUT2D eigenvalue weighted by atomic mass is 10.1. The third-order valence-corrected chi connectivity index (χ3v) is 2.62. The topological polar surface area (TPSA) is 46.5 Å². The van der Waals surface area contributed by atoms with Gasteiger partial charge in [-0.15, -0.1) is 0 Å². The zero-order chi connectivity index (χ0) is 10.6. The van der Waals surface area contributed by atoms with E-state index in [-0.39, 0.29) is 0 Å². The number of rotatable bonds is 4. The summed E-state index contributed by atoms with van der Waals surface area (Å²) in [5.41, 5.74) is 0.709. The van der Waals surface area contributed by atoms with Gasteiger partial charge in [0.1, 0.15) is 10.6 Å². The second-order valence-corrected chi connectivity index (χ2v) is 3.62. The number of benzene rings is 1. The Hall–Kier alpha value is -1.03. The minimum atomic E-state index is -0.894. The van der Waals surface area contributed by atoms with Crippen LogP contribution >= 0.6 is 15.9 Å². The van der Waals surface area contributed by atoms with Gasteiger partial charge in [-0.25, -0.2) is 0 Å². The van der Waals surface area contributed by atoms with Crippen molar-refractivity contribution in [2.75, 3.05) is 6.61 Å². The second-order valence-electron chi connectivity index (χ2n) is 2.70. The fraction of sp³-hybridized carbons (Fsp3) is 0.300. The number of carboxylic acid groups (broad SMARTS) is 1. The number of ether oxygens (including phenoxy) is 1. The van der Waals surface area contributed by atoms with E-state index >= 15 is 0 Å². The van der Waals surface area contributed by atoms with Crippen molar-refractivity contribution in [3.63, 3.8) is 0 Å². The number of halogens is 1. The molecule has 0 saturated heterocycles. The number of aliphatic carboxylic acids is 1. The van der Waals surface area contributed by atoms with Crippen LogP contribution in [0.4, 0.5) is 0 Å². The Kier molecular flexibility index (Phi) is 3.95. The highest BCUT2D eigenvalue weighted by Gasteiger charge is 2.14. The summed E-state index contributed by atoms with van der Waals surface area (Å²) in [5.74, 6) is -0.143. The first-order chi connectivity index (χ1) is 6.65. The Morgan fingerprint density at radius 3 is 2.50 bits per heavy atom. The average molecular weight is 259 g/mol. The predicted molar refractivity (Wildman–Crippen MR) is 56.9 cm³/mol. The third-order valence-electron chi connectivity index (χ3n) is 1.70. The van der Waals surface area contributed by atoms with Gasteiger partial charge in [-0.05, 0) is 24.6 Å². The highest BCUT2D eigenvalue weighted by Crippen LogP contribution is 2.24. The van der Waals surface area contributed by atoms with Gasteiger partial charge >= 0.3 is 5.97 Å². The molecule has 1 aromatic carbocycles. The molecule has 0 aliphatic carbocycles. The van der Waals surface area contributed by atoms with Crippen LogP contribution in [0, 0.1) is 0 Å². The van der Waals surface area contributed by atoms with Crippen LogP contribution in [0.1, 0.15) is 17.3 Å². The van der Waals surface area contributed by atoms with E-state index in [4.69, 9.17) is 9.84 Å². The lowest BCUT2D eigenvalue weighted by Crippen LogP contribution is -2.04. The van der Waals surface area contributed by atoms with E-state index in [0.717, 1.165) is 5.75 Å². The van der Waals surface area contributed by atoms with Gasteiger partial charge in [-0.3, -0.25) is 4.79 Å². The average Bonchev–Trinajstić information content (AvgIpc) is 2.18. The summed E-state index contributed by atoms with van der Waals surface area (Å²) in [6.07, 6.45) is 0. The molecule has 1 atom stereocenters. The lowest BCUT2D eigenvalue weighted by molar-refractivity contribution is -0.136. The quantitative estimate of drug-likeness (QED) is 0.845. The van der Waals surface area contributed by atoms with Gasteiger partial charge < -0.3 is 9.84 Å². The monoisotopic (exact) mass is 258 g/mol. The molecule has 3 nitrogen and oxygen atoms in total. The minimum Gasteiger partial charge on any atom is -0.494 e. The molecule has 0 spiro atoms. The Labute approximate surface area is 90.8 Å². The van der Waals surface area contributed by atoms with Crippen LogP contribution in [0.25, 0.3) is 0 Å². The van der Waals surface area contributed by atoms with Gasteiger partial charge in [0.25, 0.3) is 0 Å². The van der Waals surface area contributed by atoms with E-state index in [2.05, 4.69) is 15.9 Å². The summed E-state index contributed by atoms with van der Waals surface area (Å²) in [6.45, 7) is 2.51. The molecule has 1 N–H and O–H groups in total. The molecule has 76 valence electrons. The summed E-state index contributed by atoms with van der Waals surface area (Å²) in [6, 6.07) is 6.99. The molecule has 0 aliphatic rings. The number of hydrogen-bond acceptors (Lipinski definition) is 2. The van der Waals surface area contributed by atoms with Crippen LogP contribution < -0.4 is 4.74 Å². The summed E-state index contributed by atoms with van der Waals surface area (Å²) in [4.78, 5) is 9.98. The van der Waals surface area contributed by atoms with Gasteiger partial charge in [0.05, 0.1) is 6.61 Å². The van der Waals surface area contributed by atoms with Crippen LogP contribution in [0.5, 0.6) is 5.75 Å². The molecular formula is C10H11BrO3. The smallest absolute Gasteiger partial charge is 0.321 e. The molecular weight excluding hydrogens is 248 g/mol. The molecule has 1 unspecified atom stereocenters. The standard InChI is InChI=1S/C10H11BrO3/c1-2-14-8-5-3-7(4-6-8)9(11)10(12)13/h3-6,9H,2H2,1H3,(H,12,13). The maximum Gasteiger partial charge on any atom is 0.321 e. The second kappa shape index (κ2) is 5.00. The van der Waals surface area contributed by atoms with Gasteiger partial charge in [-0.1, -0.05) is 28.1 Å². The van der Waals surface area contributed by atoms with Crippen LogP contribution in [0.15, 0.2) is 24.3 Å². The molecule has 0 saturated carbocycles. The molecule has 4 heteroatoms. The van der Waals surface area contributed by atoms with E-state index in [0.29, 0.717) is 12.2 Å². The predicted octanol–water partition coefficient (Wildman–Crippen LogP) is 2.61. The largest absolute Gasteiger partial charge is 0.494 e. The van der Waals surface area contributed by atoms with Crippen molar-refractivity contribution in [2.45, 2.75) is 11.8 Å². The van der Waals surface area contributed by atoms with Crippen molar-refractivity contribution in [3.8, 4) is 5.75 Å². The van der Waals surface area contributed by atoms with E-state index in [1.165, 1.54) is 0 Å². The first-order valence-corrected chi connectivity index (χ1v) is 5.16. The molecule has 0 aromatic heterocycles. The van der Waals surface area contributed by atoms with Crippen molar-refractivity contribution >= 4 is 21.9 Å². The first-order valence-electron chi connectivity index (χ1n) is 4.24. The van der Waals surface area contributed by atoms with Crippen LogP contribution in [-0.4, -0.2) is 17.7 Å². The summed E-state index contributed by atoms with van der Waals surface area (Å²) in [5, 5.41) is 8.73. The molecule has 0 radical (unpaired) electrons. The normalized spacial score (nSPS) is 12.1. The summed E-state index contributed by atoms with van der Waals surface area (Å²) in [7, 11) is 0. The Morgan fingerprint density at radius 2 is 2.07 bits per heavy atom. The maximum absolute atomic E-state index is 10.6. The molecule has 0 fully saturated rings. The van der Waals surface area contributed by atoms with Crippen molar-refractivity contribution in [2.24, 2.45) is 0 Å². The number of hydrogen-bond donors (Lipinski definition) is 1. The Bertz CT molecular complexity index is 308. The zero-order valence-corrected chi connectivity index (χ0v) is 9.32. The molecule has 0 aliphatic heterocycles. The highest BCUT2D eigenvalue weighted by molar-refractivity contribution is 9.09. The van der Waals surface area contributed by atoms with Crippen molar-refractivity contribution in [1.82, 2.24) is 0 Å². The highest BCUT2D eigenvalue weighted by atomic mass is 79.9. The zero-order valence-electron chi connectivity index (χ0n) is 7.74. The van der Waals surface area contributed by atoms with Gasteiger partial charge in [0, 0.05) is 0 Å². The van der Waals surface area contributed by atoms with Crippen LogP contribution in [0.3, 0.4) is 0 Å². The fourth-order valence-electron chi connectivity index (χ4n) is 1.04. The van der Waals surface area contributed by atoms with Crippen molar-refractivity contribution in [1.29, 1.82) is 0 Å². The molecule has 0 bridgehead atoms. The first kappa shape index (κ1) is 11.0. The van der Waals surface area contributed by atoms with Crippen molar-refractivity contribution in [3.05, 3.63) is 29.8 Å². The molecule has 1 rings (SSSR count). The fourth-order valence-corrected chi connectivity index (χ4v) is 1.35. The van der Waals surface area contributed by atoms with Crippen LogP contribution in [0.2, 0.25) is 0 Å². The number of carboxylic acids is 1. The molecule has 1 aromatic rings. The SMILES string of the molecule is CCOc1ccc(C(Br)C(=O)O)cc1. The Morgan fingerprint density at radius 1 is 1.50 bits per heavy atom. The summed E-state index contributed by atoms with van der Waals surface area (Å²) >= 11 is 3.07. The van der Waals surface area contributed by atoms with E-state index in [1.807, 2.05) is 6.92 Å². The number of alkyl halides is 1.